The molecule has 0 saturated carbocycles. The Morgan fingerprint density at radius 2 is 2.00 bits per heavy atom. The monoisotopic (exact) mass is 391 g/mol. The maximum absolute atomic E-state index is 13.6. The van der Waals surface area contributed by atoms with E-state index in [0.29, 0.717) is 27.5 Å². The Bertz CT molecular complexity index is 1160. The SMILES string of the molecule is Cc1ccc(C(=O)N(Cc2cccnc2)c2nc3ccc(F)cc3s2)c(C)c1. The van der Waals surface area contributed by atoms with Crippen LogP contribution >= 0.6 is 11.3 Å². The molecule has 2 aromatic carbocycles. The van der Waals surface area contributed by atoms with Crippen molar-refractivity contribution >= 4 is 32.6 Å². The molecule has 4 rings (SSSR count). The molecule has 1 amide bonds. The number of thiazole rings is 1. The molecule has 2 aromatic heterocycles. The number of aromatic nitrogens is 2. The molecule has 0 N–H and O–H groups in total. The maximum atomic E-state index is 13.6. The van der Waals surface area contributed by atoms with E-state index in [1.807, 2.05) is 44.2 Å². The molecule has 0 unspecified atom stereocenters. The number of fused-ring (bicyclic) bond motifs is 1. The van der Waals surface area contributed by atoms with Crippen LogP contribution in [-0.4, -0.2) is 15.9 Å². The molecule has 4 aromatic rings. The molecule has 28 heavy (non-hydrogen) atoms. The fourth-order valence-electron chi connectivity index (χ4n) is 3.10. The van der Waals surface area contributed by atoms with E-state index in [2.05, 4.69) is 9.97 Å². The van der Waals surface area contributed by atoms with Crippen molar-refractivity contribution < 1.29 is 9.18 Å². The molecule has 2 heterocycles. The van der Waals surface area contributed by atoms with Crippen LogP contribution in [-0.2, 0) is 6.54 Å². The first-order chi connectivity index (χ1) is 13.5. The van der Waals surface area contributed by atoms with Gasteiger partial charge in [-0.15, -0.1) is 0 Å². The van der Waals surface area contributed by atoms with Crippen molar-refractivity contribution in [3.63, 3.8) is 0 Å². The van der Waals surface area contributed by atoms with Gasteiger partial charge in [0.1, 0.15) is 5.82 Å². The molecule has 0 aliphatic carbocycles. The molecule has 0 saturated heterocycles. The van der Waals surface area contributed by atoms with Gasteiger partial charge in [-0.25, -0.2) is 9.37 Å². The Labute approximate surface area is 166 Å². The largest absolute Gasteiger partial charge is 0.279 e. The highest BCUT2D eigenvalue weighted by atomic mass is 32.1. The van der Waals surface area contributed by atoms with Crippen molar-refractivity contribution in [2.24, 2.45) is 0 Å². The topological polar surface area (TPSA) is 46.1 Å². The lowest BCUT2D eigenvalue weighted by Crippen LogP contribution is -2.31. The van der Waals surface area contributed by atoms with Crippen LogP contribution < -0.4 is 4.90 Å². The van der Waals surface area contributed by atoms with Crippen LogP contribution in [0.5, 0.6) is 0 Å². The minimum atomic E-state index is -0.317. The van der Waals surface area contributed by atoms with E-state index in [0.717, 1.165) is 16.7 Å². The summed E-state index contributed by atoms with van der Waals surface area (Å²) in [6.45, 7) is 4.26. The van der Waals surface area contributed by atoms with Crippen molar-refractivity contribution in [3.05, 3.63) is 89.0 Å². The highest BCUT2D eigenvalue weighted by Crippen LogP contribution is 2.31. The van der Waals surface area contributed by atoms with Gasteiger partial charge in [0, 0.05) is 18.0 Å². The summed E-state index contributed by atoms with van der Waals surface area (Å²) in [6, 6.07) is 14.0. The van der Waals surface area contributed by atoms with E-state index in [1.54, 1.807) is 23.4 Å². The molecule has 0 aliphatic heterocycles. The lowest BCUT2D eigenvalue weighted by molar-refractivity contribution is 0.0984. The van der Waals surface area contributed by atoms with Gasteiger partial charge in [0.15, 0.2) is 5.13 Å². The Morgan fingerprint density at radius 1 is 1.14 bits per heavy atom. The molecule has 140 valence electrons. The summed E-state index contributed by atoms with van der Waals surface area (Å²) in [6.07, 6.45) is 3.43. The molecule has 0 aliphatic rings. The van der Waals surface area contributed by atoms with Gasteiger partial charge in [0.05, 0.1) is 16.8 Å². The molecule has 0 fully saturated rings. The van der Waals surface area contributed by atoms with E-state index in [1.165, 1.54) is 23.5 Å². The Kier molecular flexibility index (Phi) is 4.88. The minimum absolute atomic E-state index is 0.138. The summed E-state index contributed by atoms with van der Waals surface area (Å²) in [5.41, 5.74) is 4.20. The number of amides is 1. The van der Waals surface area contributed by atoms with Crippen LogP contribution in [0.15, 0.2) is 60.9 Å². The van der Waals surface area contributed by atoms with E-state index in [4.69, 9.17) is 0 Å². The highest BCUT2D eigenvalue weighted by Gasteiger charge is 2.23. The van der Waals surface area contributed by atoms with Crippen LogP contribution in [0.2, 0.25) is 0 Å². The van der Waals surface area contributed by atoms with Crippen LogP contribution in [0.3, 0.4) is 0 Å². The average Bonchev–Trinajstić information content (AvgIpc) is 3.09. The standard InChI is InChI=1S/C22H18FN3OS/c1-14-5-7-18(15(2)10-14)21(27)26(13-16-4-3-9-24-12-16)22-25-19-8-6-17(23)11-20(19)28-22/h3-12H,13H2,1-2H3. The second kappa shape index (κ2) is 7.48. The number of nitrogens with zero attached hydrogens (tertiary/aromatic N) is 3. The van der Waals surface area contributed by atoms with E-state index in [-0.39, 0.29) is 11.7 Å². The van der Waals surface area contributed by atoms with E-state index < -0.39 is 0 Å². The number of hydrogen-bond acceptors (Lipinski definition) is 4. The summed E-state index contributed by atoms with van der Waals surface area (Å²) in [5, 5.41) is 0.537. The summed E-state index contributed by atoms with van der Waals surface area (Å²) < 4.78 is 14.3. The molecule has 0 radical (unpaired) electrons. The number of hydrogen-bond donors (Lipinski definition) is 0. The van der Waals surface area contributed by atoms with Gasteiger partial charge in [0.2, 0.25) is 0 Å². The second-order valence-electron chi connectivity index (χ2n) is 6.68. The fourth-order valence-corrected chi connectivity index (χ4v) is 4.09. The number of aryl methyl sites for hydroxylation is 2. The Balaban J connectivity index is 1.79. The molecule has 4 nitrogen and oxygen atoms in total. The van der Waals surface area contributed by atoms with Crippen LogP contribution in [0.25, 0.3) is 10.2 Å². The summed E-state index contributed by atoms with van der Waals surface area (Å²) in [4.78, 5) is 23.8. The number of halogens is 1. The number of anilines is 1. The zero-order chi connectivity index (χ0) is 19.7. The Morgan fingerprint density at radius 3 is 2.75 bits per heavy atom. The zero-order valence-electron chi connectivity index (χ0n) is 15.5. The molecular weight excluding hydrogens is 373 g/mol. The summed E-state index contributed by atoms with van der Waals surface area (Å²) >= 11 is 1.30. The van der Waals surface area contributed by atoms with Crippen molar-refractivity contribution in [2.75, 3.05) is 4.90 Å². The lowest BCUT2D eigenvalue weighted by atomic mass is 10.0. The van der Waals surface area contributed by atoms with E-state index >= 15 is 0 Å². The van der Waals surface area contributed by atoms with Gasteiger partial charge in [-0.05, 0) is 55.3 Å². The van der Waals surface area contributed by atoms with E-state index in [9.17, 15) is 9.18 Å². The molecule has 0 bridgehead atoms. The first-order valence-electron chi connectivity index (χ1n) is 8.85. The first kappa shape index (κ1) is 18.3. The number of rotatable bonds is 4. The van der Waals surface area contributed by atoms with Gasteiger partial charge < -0.3 is 0 Å². The van der Waals surface area contributed by atoms with Gasteiger partial charge in [0.25, 0.3) is 5.91 Å². The maximum Gasteiger partial charge on any atom is 0.260 e. The first-order valence-corrected chi connectivity index (χ1v) is 9.67. The van der Waals surface area contributed by atoms with Gasteiger partial charge in [-0.1, -0.05) is 35.1 Å². The second-order valence-corrected chi connectivity index (χ2v) is 7.69. The predicted molar refractivity (Wildman–Crippen MR) is 110 cm³/mol. The summed E-state index contributed by atoms with van der Waals surface area (Å²) in [5.74, 6) is -0.455. The quantitative estimate of drug-likeness (QED) is 0.475. The van der Waals surface area contributed by atoms with Crippen molar-refractivity contribution in [1.29, 1.82) is 0 Å². The molecule has 0 spiro atoms. The number of pyridine rings is 1. The highest BCUT2D eigenvalue weighted by molar-refractivity contribution is 7.22. The number of carbonyl (C=O) groups excluding carboxylic acids is 1. The average molecular weight is 391 g/mol. The third-order valence-electron chi connectivity index (χ3n) is 4.49. The Hall–Kier alpha value is -3.12. The minimum Gasteiger partial charge on any atom is -0.279 e. The lowest BCUT2D eigenvalue weighted by Gasteiger charge is -2.21. The third kappa shape index (κ3) is 3.64. The van der Waals surface area contributed by atoms with Crippen LogP contribution in [0, 0.1) is 19.7 Å². The molecule has 6 heteroatoms. The van der Waals surface area contributed by atoms with Crippen LogP contribution in [0.1, 0.15) is 27.0 Å². The van der Waals surface area contributed by atoms with Crippen molar-refractivity contribution in [1.82, 2.24) is 9.97 Å². The zero-order valence-corrected chi connectivity index (χ0v) is 16.3. The smallest absolute Gasteiger partial charge is 0.260 e. The number of carbonyl (C=O) groups is 1. The molecular formula is C22H18FN3OS. The summed E-state index contributed by atoms with van der Waals surface area (Å²) in [7, 11) is 0. The normalized spacial score (nSPS) is 11.0. The van der Waals surface area contributed by atoms with Gasteiger partial charge in [-0.2, -0.15) is 0 Å². The van der Waals surface area contributed by atoms with Gasteiger partial charge in [-0.3, -0.25) is 14.7 Å². The van der Waals surface area contributed by atoms with Gasteiger partial charge >= 0.3 is 0 Å². The number of benzene rings is 2. The predicted octanol–water partition coefficient (Wildman–Crippen LogP) is 5.29. The fraction of sp³-hybridized carbons (Fsp3) is 0.136. The van der Waals surface area contributed by atoms with Crippen molar-refractivity contribution in [3.8, 4) is 0 Å². The molecule has 0 atom stereocenters. The third-order valence-corrected chi connectivity index (χ3v) is 5.53. The van der Waals surface area contributed by atoms with Crippen LogP contribution in [0.4, 0.5) is 9.52 Å². The van der Waals surface area contributed by atoms with Crippen molar-refractivity contribution in [2.45, 2.75) is 20.4 Å².